The molecule has 0 aliphatic carbocycles. The summed E-state index contributed by atoms with van der Waals surface area (Å²) in [6.45, 7) is 21.8. The van der Waals surface area contributed by atoms with Crippen LogP contribution in [0.5, 0.6) is 0 Å². The first-order valence-corrected chi connectivity index (χ1v) is 18.2. The fraction of sp³-hybridized carbons (Fsp3) is 0.818. The zero-order chi connectivity index (χ0) is 15.7. The zero-order valence-electron chi connectivity index (χ0n) is 13.8. The van der Waals surface area contributed by atoms with Crippen LogP contribution in [0, 0.1) is 0 Å². The molecule has 0 amide bonds. The SMILES string of the molecule is C=C(O[Si](C)(C)C)P(=O)(O[Si](C)(C)C)O[Si](C)(C)C. The van der Waals surface area contributed by atoms with E-state index >= 15 is 0 Å². The summed E-state index contributed by atoms with van der Waals surface area (Å²) in [5, 5.41) is 0. The van der Waals surface area contributed by atoms with Crippen molar-refractivity contribution in [1.82, 2.24) is 0 Å². The van der Waals surface area contributed by atoms with E-state index in [2.05, 4.69) is 6.58 Å². The molecule has 0 aromatic carbocycles. The van der Waals surface area contributed by atoms with Gasteiger partial charge in [-0.25, -0.2) is 0 Å². The van der Waals surface area contributed by atoms with E-state index < -0.39 is 32.5 Å². The van der Waals surface area contributed by atoms with Crippen molar-refractivity contribution in [1.29, 1.82) is 0 Å². The van der Waals surface area contributed by atoms with E-state index in [1.165, 1.54) is 0 Å². The molecule has 0 bridgehead atoms. The molecule has 0 N–H and O–H groups in total. The van der Waals surface area contributed by atoms with Crippen molar-refractivity contribution in [3.05, 3.63) is 12.1 Å². The normalized spacial score (nSPS) is 14.4. The van der Waals surface area contributed by atoms with Crippen molar-refractivity contribution in [3.8, 4) is 0 Å². The molecule has 0 rings (SSSR count). The van der Waals surface area contributed by atoms with Gasteiger partial charge >= 0.3 is 7.60 Å². The second-order valence-electron chi connectivity index (χ2n) is 7.51. The summed E-state index contributed by atoms with van der Waals surface area (Å²) in [6, 6.07) is 0. The van der Waals surface area contributed by atoms with Crippen LogP contribution in [-0.4, -0.2) is 25.0 Å². The van der Waals surface area contributed by atoms with E-state index in [-0.39, 0.29) is 5.50 Å². The largest absolute Gasteiger partial charge is 0.539 e. The number of hydrogen-bond acceptors (Lipinski definition) is 4. The first-order valence-electron chi connectivity index (χ1n) is 6.44. The second-order valence-corrected chi connectivity index (χ2v) is 23.3. The number of hydrogen-bond donors (Lipinski definition) is 0. The monoisotopic (exact) mass is 340 g/mol. The van der Waals surface area contributed by atoms with Crippen molar-refractivity contribution < 1.29 is 17.4 Å². The van der Waals surface area contributed by atoms with Gasteiger partial charge in [-0.15, -0.1) is 0 Å². The lowest BCUT2D eigenvalue weighted by Gasteiger charge is -2.33. The van der Waals surface area contributed by atoms with E-state index in [9.17, 15) is 4.57 Å². The van der Waals surface area contributed by atoms with Crippen LogP contribution in [0.15, 0.2) is 12.1 Å². The Labute approximate surface area is 121 Å². The van der Waals surface area contributed by atoms with Crippen molar-refractivity contribution >= 4 is 32.5 Å². The summed E-state index contributed by atoms with van der Waals surface area (Å²) in [6.07, 6.45) is 0. The Morgan fingerprint density at radius 1 is 0.789 bits per heavy atom. The maximum absolute atomic E-state index is 13.0. The van der Waals surface area contributed by atoms with E-state index in [4.69, 9.17) is 12.9 Å². The van der Waals surface area contributed by atoms with Crippen LogP contribution in [0.2, 0.25) is 58.9 Å². The lowest BCUT2D eigenvalue weighted by molar-refractivity contribution is 0.351. The Hall–Kier alpha value is 0.341. The van der Waals surface area contributed by atoms with Gasteiger partial charge in [0.25, 0.3) is 0 Å². The van der Waals surface area contributed by atoms with Gasteiger partial charge < -0.3 is 12.9 Å². The molecular formula is C11H29O4PSi3. The van der Waals surface area contributed by atoms with E-state index in [0.29, 0.717) is 0 Å². The molecule has 0 saturated heterocycles. The van der Waals surface area contributed by atoms with E-state index in [1.807, 2.05) is 58.9 Å². The maximum atomic E-state index is 13.0. The van der Waals surface area contributed by atoms with Gasteiger partial charge in [-0.05, 0) is 65.5 Å². The second kappa shape index (κ2) is 5.99. The molecule has 0 aliphatic heterocycles. The minimum Gasteiger partial charge on any atom is -0.539 e. The maximum Gasteiger partial charge on any atom is 0.374 e. The van der Waals surface area contributed by atoms with Crippen LogP contribution >= 0.6 is 7.60 Å². The predicted octanol–water partition coefficient (Wildman–Crippen LogP) is 5.21. The lowest BCUT2D eigenvalue weighted by Crippen LogP contribution is -2.32. The van der Waals surface area contributed by atoms with E-state index in [1.54, 1.807) is 0 Å². The molecule has 0 radical (unpaired) electrons. The average Bonchev–Trinajstić information content (AvgIpc) is 1.91. The van der Waals surface area contributed by atoms with Crippen molar-refractivity contribution in [2.75, 3.05) is 0 Å². The summed E-state index contributed by atoms with van der Waals surface area (Å²) < 4.78 is 30.4. The third-order valence-corrected chi connectivity index (χ3v) is 9.55. The standard InChI is InChI=1S/C11H29O4PSi3/c1-11(13-17(2,3)4)16(12,14-18(5,6)7)15-19(8,9)10/h1H2,2-10H3. The molecule has 0 spiro atoms. The van der Waals surface area contributed by atoms with Gasteiger partial charge in [-0.2, -0.15) is 0 Å². The lowest BCUT2D eigenvalue weighted by atomic mass is 11.2. The van der Waals surface area contributed by atoms with Crippen LogP contribution in [-0.2, 0) is 17.4 Å². The molecule has 114 valence electrons. The molecule has 0 aromatic heterocycles. The summed E-state index contributed by atoms with van der Waals surface area (Å²) in [5.41, 5.74) is 0.177. The highest BCUT2D eigenvalue weighted by atomic mass is 31.2. The van der Waals surface area contributed by atoms with Crippen LogP contribution in [0.3, 0.4) is 0 Å². The van der Waals surface area contributed by atoms with Crippen LogP contribution in [0.25, 0.3) is 0 Å². The molecule has 0 fully saturated rings. The van der Waals surface area contributed by atoms with Crippen molar-refractivity contribution in [2.45, 2.75) is 58.9 Å². The molecule has 0 saturated carbocycles. The third kappa shape index (κ3) is 8.99. The molecule has 0 heterocycles. The highest BCUT2D eigenvalue weighted by molar-refractivity contribution is 7.61. The summed E-state index contributed by atoms with van der Waals surface area (Å²) in [7, 11) is -9.33. The topological polar surface area (TPSA) is 44.8 Å². The summed E-state index contributed by atoms with van der Waals surface area (Å²) in [4.78, 5) is 0. The molecule has 0 unspecified atom stereocenters. The molecule has 19 heavy (non-hydrogen) atoms. The molecular weight excluding hydrogens is 311 g/mol. The zero-order valence-corrected chi connectivity index (χ0v) is 17.7. The van der Waals surface area contributed by atoms with Crippen molar-refractivity contribution in [2.24, 2.45) is 0 Å². The first kappa shape index (κ1) is 19.3. The third-order valence-electron chi connectivity index (χ3n) is 1.52. The molecule has 4 nitrogen and oxygen atoms in total. The molecule has 8 heteroatoms. The Balaban J connectivity index is 5.29. The molecule has 0 aliphatic rings. The summed E-state index contributed by atoms with van der Waals surface area (Å²) in [5.74, 6) is 0. The predicted molar refractivity (Wildman–Crippen MR) is 90.0 cm³/mol. The molecule has 0 atom stereocenters. The minimum absolute atomic E-state index is 0.177. The van der Waals surface area contributed by atoms with Gasteiger partial charge in [0, 0.05) is 0 Å². The molecule has 0 aromatic rings. The fourth-order valence-electron chi connectivity index (χ4n) is 1.25. The van der Waals surface area contributed by atoms with Gasteiger partial charge in [0.15, 0.2) is 22.1 Å². The van der Waals surface area contributed by atoms with Gasteiger partial charge in [-0.3, -0.25) is 4.57 Å². The Morgan fingerprint density at radius 2 is 1.11 bits per heavy atom. The Kier molecular flexibility index (Phi) is 6.10. The summed E-state index contributed by atoms with van der Waals surface area (Å²) >= 11 is 0. The van der Waals surface area contributed by atoms with Gasteiger partial charge in [-0.1, -0.05) is 0 Å². The van der Waals surface area contributed by atoms with Crippen LogP contribution in [0.1, 0.15) is 0 Å². The first-order chi connectivity index (χ1) is 8.04. The smallest absolute Gasteiger partial charge is 0.374 e. The quantitative estimate of drug-likeness (QED) is 0.363. The average molecular weight is 341 g/mol. The van der Waals surface area contributed by atoms with Crippen LogP contribution in [0.4, 0.5) is 0 Å². The van der Waals surface area contributed by atoms with Gasteiger partial charge in [0.1, 0.15) is 0 Å². The highest BCUT2D eigenvalue weighted by Crippen LogP contribution is 2.59. The van der Waals surface area contributed by atoms with Gasteiger partial charge in [0.05, 0.1) is 0 Å². The van der Waals surface area contributed by atoms with Crippen molar-refractivity contribution in [3.63, 3.8) is 0 Å². The Bertz CT molecular complexity index is 357. The fourth-order valence-corrected chi connectivity index (χ4v) is 10.3. The highest BCUT2D eigenvalue weighted by Gasteiger charge is 2.41. The number of rotatable bonds is 7. The van der Waals surface area contributed by atoms with Crippen LogP contribution < -0.4 is 0 Å². The van der Waals surface area contributed by atoms with Gasteiger partial charge in [0.2, 0.25) is 8.32 Å². The van der Waals surface area contributed by atoms with E-state index in [0.717, 1.165) is 0 Å². The minimum atomic E-state index is -3.41. The Morgan fingerprint density at radius 3 is 1.32 bits per heavy atom.